The van der Waals surface area contributed by atoms with Crippen LogP contribution in [0.25, 0.3) is 0 Å². The van der Waals surface area contributed by atoms with Gasteiger partial charge in [0.15, 0.2) is 0 Å². The summed E-state index contributed by atoms with van der Waals surface area (Å²) in [5.74, 6) is 0.885. The van der Waals surface area contributed by atoms with Gasteiger partial charge in [-0.05, 0) is 25.7 Å². The second-order valence-corrected chi connectivity index (χ2v) is 3.89. The van der Waals surface area contributed by atoms with Crippen molar-refractivity contribution in [3.63, 3.8) is 0 Å². The fourth-order valence-corrected chi connectivity index (χ4v) is 2.21. The molecule has 1 rings (SSSR count). The standard InChI is InChI=1S/C12H18O/c1-4-9(2)11-7-5-6-8-12(11)10(3)13/h4,11-12H,1-2,5-8H2,3H3. The summed E-state index contributed by atoms with van der Waals surface area (Å²) < 4.78 is 0. The molecule has 1 heteroatoms. The van der Waals surface area contributed by atoms with E-state index in [2.05, 4.69) is 13.2 Å². The molecule has 0 radical (unpaired) electrons. The van der Waals surface area contributed by atoms with Crippen LogP contribution in [-0.2, 0) is 4.79 Å². The second-order valence-electron chi connectivity index (χ2n) is 3.89. The van der Waals surface area contributed by atoms with Crippen LogP contribution in [0.3, 0.4) is 0 Å². The average Bonchev–Trinajstić information content (AvgIpc) is 2.16. The molecule has 0 aliphatic heterocycles. The van der Waals surface area contributed by atoms with Gasteiger partial charge in [-0.25, -0.2) is 0 Å². The quantitative estimate of drug-likeness (QED) is 0.607. The lowest BCUT2D eigenvalue weighted by Gasteiger charge is -2.30. The molecule has 1 saturated carbocycles. The predicted octanol–water partition coefficient (Wildman–Crippen LogP) is 3.12. The molecule has 1 fully saturated rings. The third-order valence-electron chi connectivity index (χ3n) is 3.03. The molecule has 0 saturated heterocycles. The van der Waals surface area contributed by atoms with Gasteiger partial charge in [0.25, 0.3) is 0 Å². The largest absolute Gasteiger partial charge is 0.300 e. The van der Waals surface area contributed by atoms with Crippen LogP contribution in [0.15, 0.2) is 24.8 Å². The highest BCUT2D eigenvalue weighted by atomic mass is 16.1. The zero-order chi connectivity index (χ0) is 9.84. The minimum absolute atomic E-state index is 0.208. The van der Waals surface area contributed by atoms with E-state index in [4.69, 9.17) is 0 Å². The van der Waals surface area contributed by atoms with Crippen LogP contribution in [0.2, 0.25) is 0 Å². The van der Waals surface area contributed by atoms with E-state index in [0.29, 0.717) is 11.7 Å². The van der Waals surface area contributed by atoms with Crippen LogP contribution in [0.5, 0.6) is 0 Å². The summed E-state index contributed by atoms with van der Waals surface area (Å²) >= 11 is 0. The van der Waals surface area contributed by atoms with E-state index in [1.54, 1.807) is 13.0 Å². The molecule has 0 N–H and O–H groups in total. The van der Waals surface area contributed by atoms with Crippen molar-refractivity contribution in [3.05, 3.63) is 24.8 Å². The Morgan fingerprint density at radius 3 is 2.31 bits per heavy atom. The number of hydrogen-bond acceptors (Lipinski definition) is 1. The summed E-state index contributed by atoms with van der Waals surface area (Å²) in [4.78, 5) is 11.4. The highest BCUT2D eigenvalue weighted by Crippen LogP contribution is 2.35. The Hall–Kier alpha value is -0.850. The predicted molar refractivity (Wildman–Crippen MR) is 55.5 cm³/mol. The van der Waals surface area contributed by atoms with Gasteiger partial charge in [0, 0.05) is 5.92 Å². The van der Waals surface area contributed by atoms with E-state index in [-0.39, 0.29) is 5.92 Å². The summed E-state index contributed by atoms with van der Waals surface area (Å²) in [5, 5.41) is 0. The Morgan fingerprint density at radius 1 is 1.31 bits per heavy atom. The molecule has 1 aliphatic carbocycles. The smallest absolute Gasteiger partial charge is 0.133 e. The van der Waals surface area contributed by atoms with E-state index < -0.39 is 0 Å². The van der Waals surface area contributed by atoms with Crippen molar-refractivity contribution >= 4 is 5.78 Å². The highest BCUT2D eigenvalue weighted by molar-refractivity contribution is 5.79. The summed E-state index contributed by atoms with van der Waals surface area (Å²) in [5.41, 5.74) is 1.04. The second kappa shape index (κ2) is 4.40. The Labute approximate surface area is 80.5 Å². The Kier molecular flexibility index (Phi) is 3.47. The van der Waals surface area contributed by atoms with Crippen LogP contribution in [0, 0.1) is 11.8 Å². The van der Waals surface area contributed by atoms with Crippen molar-refractivity contribution in [3.8, 4) is 0 Å². The number of allylic oxidation sites excluding steroid dienone is 2. The van der Waals surface area contributed by atoms with Gasteiger partial charge in [0.2, 0.25) is 0 Å². The number of rotatable bonds is 3. The third-order valence-corrected chi connectivity index (χ3v) is 3.03. The molecule has 13 heavy (non-hydrogen) atoms. The third kappa shape index (κ3) is 2.30. The lowest BCUT2D eigenvalue weighted by molar-refractivity contribution is -0.122. The minimum Gasteiger partial charge on any atom is -0.300 e. The molecular formula is C12H18O. The van der Waals surface area contributed by atoms with E-state index in [1.165, 1.54) is 12.8 Å². The molecule has 0 bridgehead atoms. The molecule has 72 valence electrons. The topological polar surface area (TPSA) is 17.1 Å². The van der Waals surface area contributed by atoms with Gasteiger partial charge in [-0.1, -0.05) is 37.6 Å². The zero-order valence-corrected chi connectivity index (χ0v) is 8.38. The maximum Gasteiger partial charge on any atom is 0.133 e. The SMILES string of the molecule is C=CC(=C)C1CCCCC1C(C)=O. The maximum absolute atomic E-state index is 11.4. The molecule has 0 heterocycles. The van der Waals surface area contributed by atoms with Gasteiger partial charge in [-0.2, -0.15) is 0 Å². The van der Waals surface area contributed by atoms with Crippen molar-refractivity contribution < 1.29 is 4.79 Å². The fraction of sp³-hybridized carbons (Fsp3) is 0.583. The summed E-state index contributed by atoms with van der Waals surface area (Å²) in [6, 6.07) is 0. The molecule has 0 aromatic rings. The molecule has 1 nitrogen and oxygen atoms in total. The van der Waals surface area contributed by atoms with E-state index in [1.807, 2.05) is 0 Å². The first kappa shape index (κ1) is 10.2. The summed E-state index contributed by atoms with van der Waals surface area (Å²) in [7, 11) is 0. The fourth-order valence-electron chi connectivity index (χ4n) is 2.21. The lowest BCUT2D eigenvalue weighted by Crippen LogP contribution is -2.26. The summed E-state index contributed by atoms with van der Waals surface area (Å²) in [6.07, 6.45) is 6.35. The molecule has 0 amide bonds. The Balaban J connectivity index is 2.72. The monoisotopic (exact) mass is 178 g/mol. The number of hydrogen-bond donors (Lipinski definition) is 0. The lowest BCUT2D eigenvalue weighted by atomic mass is 9.74. The van der Waals surface area contributed by atoms with Gasteiger partial charge in [0.05, 0.1) is 0 Å². The van der Waals surface area contributed by atoms with Gasteiger partial charge in [0.1, 0.15) is 5.78 Å². The normalized spacial score (nSPS) is 28.1. The molecule has 1 aliphatic rings. The molecule has 2 unspecified atom stereocenters. The van der Waals surface area contributed by atoms with E-state index >= 15 is 0 Å². The number of carbonyl (C=O) groups is 1. The number of carbonyl (C=O) groups excluding carboxylic acids is 1. The van der Waals surface area contributed by atoms with Crippen molar-refractivity contribution in [2.75, 3.05) is 0 Å². The van der Waals surface area contributed by atoms with Gasteiger partial charge < -0.3 is 0 Å². The van der Waals surface area contributed by atoms with Crippen LogP contribution < -0.4 is 0 Å². The summed E-state index contributed by atoms with van der Waals surface area (Å²) in [6.45, 7) is 9.37. The van der Waals surface area contributed by atoms with Crippen molar-refractivity contribution in [1.82, 2.24) is 0 Å². The molecule has 0 spiro atoms. The average molecular weight is 178 g/mol. The van der Waals surface area contributed by atoms with E-state index in [0.717, 1.165) is 18.4 Å². The molecule has 2 atom stereocenters. The van der Waals surface area contributed by atoms with Crippen LogP contribution in [-0.4, -0.2) is 5.78 Å². The number of Topliss-reactive ketones (excluding diaryl/α,β-unsaturated/α-hetero) is 1. The first-order valence-electron chi connectivity index (χ1n) is 4.98. The van der Waals surface area contributed by atoms with Crippen molar-refractivity contribution in [1.29, 1.82) is 0 Å². The minimum atomic E-state index is 0.208. The highest BCUT2D eigenvalue weighted by Gasteiger charge is 2.29. The molecule has 0 aromatic heterocycles. The first-order chi connectivity index (χ1) is 6.16. The zero-order valence-electron chi connectivity index (χ0n) is 8.38. The van der Waals surface area contributed by atoms with Crippen LogP contribution in [0.4, 0.5) is 0 Å². The maximum atomic E-state index is 11.4. The Morgan fingerprint density at radius 2 is 1.85 bits per heavy atom. The molecule has 0 aromatic carbocycles. The molecular weight excluding hydrogens is 160 g/mol. The first-order valence-corrected chi connectivity index (χ1v) is 4.98. The van der Waals surface area contributed by atoms with E-state index in [9.17, 15) is 4.79 Å². The van der Waals surface area contributed by atoms with Crippen LogP contribution in [0.1, 0.15) is 32.6 Å². The van der Waals surface area contributed by atoms with Gasteiger partial charge in [-0.15, -0.1) is 0 Å². The number of ketones is 1. The van der Waals surface area contributed by atoms with Crippen molar-refractivity contribution in [2.45, 2.75) is 32.6 Å². The van der Waals surface area contributed by atoms with Gasteiger partial charge in [-0.3, -0.25) is 4.79 Å². The Bertz CT molecular complexity index is 227. The van der Waals surface area contributed by atoms with Gasteiger partial charge >= 0.3 is 0 Å². The van der Waals surface area contributed by atoms with Crippen molar-refractivity contribution in [2.24, 2.45) is 11.8 Å². The van der Waals surface area contributed by atoms with Crippen LogP contribution >= 0.6 is 0 Å².